The van der Waals surface area contributed by atoms with E-state index < -0.39 is 0 Å². The van der Waals surface area contributed by atoms with Gasteiger partial charge in [-0.05, 0) is 49.3 Å². The minimum atomic E-state index is -0.109. The molecule has 1 aromatic heterocycles. The Kier molecular flexibility index (Phi) is 6.81. The first-order chi connectivity index (χ1) is 13.2. The molecule has 0 aliphatic heterocycles. The Hall–Kier alpha value is -2.41. The van der Waals surface area contributed by atoms with Crippen LogP contribution >= 0.6 is 11.3 Å². The van der Waals surface area contributed by atoms with Crippen molar-refractivity contribution in [2.75, 3.05) is 14.2 Å². The van der Waals surface area contributed by atoms with Gasteiger partial charge in [-0.2, -0.15) is 0 Å². The summed E-state index contributed by atoms with van der Waals surface area (Å²) in [6.45, 7) is 0.567. The van der Waals surface area contributed by atoms with Crippen molar-refractivity contribution in [3.8, 4) is 17.2 Å². The van der Waals surface area contributed by atoms with Gasteiger partial charge >= 0.3 is 6.03 Å². The van der Waals surface area contributed by atoms with E-state index in [1.54, 1.807) is 25.6 Å². The number of para-hydroxylation sites is 1. The van der Waals surface area contributed by atoms with Crippen molar-refractivity contribution < 1.29 is 19.0 Å². The minimum absolute atomic E-state index is 0.109. The van der Waals surface area contributed by atoms with E-state index in [0.717, 1.165) is 30.6 Å². The zero-order valence-corrected chi connectivity index (χ0v) is 16.5. The molecule has 6 nitrogen and oxygen atoms in total. The van der Waals surface area contributed by atoms with E-state index >= 15 is 0 Å². The number of benzene rings is 1. The van der Waals surface area contributed by atoms with E-state index in [1.807, 2.05) is 35.7 Å². The Labute approximate surface area is 163 Å². The molecule has 0 atom stereocenters. The molecule has 0 bridgehead atoms. The molecule has 1 saturated carbocycles. The maximum Gasteiger partial charge on any atom is 0.315 e. The predicted molar refractivity (Wildman–Crippen MR) is 106 cm³/mol. The van der Waals surface area contributed by atoms with E-state index in [-0.39, 0.29) is 18.2 Å². The summed E-state index contributed by atoms with van der Waals surface area (Å²) in [4.78, 5) is 13.2. The standard InChI is InChI=1S/C20H26N2O4S/c1-24-17-6-3-7-18(19(17)25-2)26-15-10-8-14(9-11-15)22-20(23)21-13-16-5-4-12-27-16/h3-7,12,14-15H,8-11,13H2,1-2H3,(H2,21,22,23). The van der Waals surface area contributed by atoms with Gasteiger partial charge < -0.3 is 24.8 Å². The Morgan fingerprint density at radius 1 is 1.07 bits per heavy atom. The molecule has 1 aliphatic carbocycles. The summed E-state index contributed by atoms with van der Waals surface area (Å²) in [6.07, 6.45) is 3.66. The van der Waals surface area contributed by atoms with E-state index in [2.05, 4.69) is 10.6 Å². The normalized spacial score (nSPS) is 19.2. The quantitative estimate of drug-likeness (QED) is 0.751. The number of hydrogen-bond acceptors (Lipinski definition) is 5. The molecule has 1 fully saturated rings. The van der Waals surface area contributed by atoms with Gasteiger partial charge in [-0.3, -0.25) is 0 Å². The van der Waals surface area contributed by atoms with Gasteiger partial charge in [-0.25, -0.2) is 4.79 Å². The smallest absolute Gasteiger partial charge is 0.315 e. The molecule has 1 aromatic carbocycles. The highest BCUT2D eigenvalue weighted by Crippen LogP contribution is 2.38. The second kappa shape index (κ2) is 9.50. The van der Waals surface area contributed by atoms with Crippen molar-refractivity contribution in [2.24, 2.45) is 0 Å². The highest BCUT2D eigenvalue weighted by atomic mass is 32.1. The van der Waals surface area contributed by atoms with Crippen LogP contribution in [0.2, 0.25) is 0 Å². The molecule has 2 amide bonds. The summed E-state index contributed by atoms with van der Waals surface area (Å²) in [5, 5.41) is 7.98. The lowest BCUT2D eigenvalue weighted by Gasteiger charge is -2.30. The molecule has 0 saturated heterocycles. The molecule has 27 heavy (non-hydrogen) atoms. The Bertz CT molecular complexity index is 728. The lowest BCUT2D eigenvalue weighted by atomic mass is 9.93. The number of carbonyl (C=O) groups is 1. The number of thiophene rings is 1. The first-order valence-electron chi connectivity index (χ1n) is 9.14. The molecule has 146 valence electrons. The zero-order chi connectivity index (χ0) is 19.1. The molecular formula is C20H26N2O4S. The van der Waals surface area contributed by atoms with Crippen LogP contribution in [0.3, 0.4) is 0 Å². The highest BCUT2D eigenvalue weighted by molar-refractivity contribution is 7.09. The van der Waals surface area contributed by atoms with Gasteiger partial charge in [0.25, 0.3) is 0 Å². The summed E-state index contributed by atoms with van der Waals surface area (Å²) in [5.74, 6) is 1.97. The zero-order valence-electron chi connectivity index (χ0n) is 15.7. The number of urea groups is 1. The van der Waals surface area contributed by atoms with Crippen molar-refractivity contribution in [1.29, 1.82) is 0 Å². The number of carbonyl (C=O) groups excluding carboxylic acids is 1. The van der Waals surface area contributed by atoms with Crippen LogP contribution in [0.4, 0.5) is 4.79 Å². The van der Waals surface area contributed by atoms with E-state index in [0.29, 0.717) is 23.8 Å². The van der Waals surface area contributed by atoms with Crippen molar-refractivity contribution in [3.63, 3.8) is 0 Å². The molecule has 0 radical (unpaired) electrons. The average Bonchev–Trinajstić information content (AvgIpc) is 3.21. The van der Waals surface area contributed by atoms with Crippen LogP contribution in [0.1, 0.15) is 30.6 Å². The second-order valence-electron chi connectivity index (χ2n) is 6.49. The van der Waals surface area contributed by atoms with Gasteiger partial charge in [-0.1, -0.05) is 12.1 Å². The number of rotatable bonds is 7. The van der Waals surface area contributed by atoms with E-state index in [9.17, 15) is 4.79 Å². The Morgan fingerprint density at radius 3 is 2.52 bits per heavy atom. The van der Waals surface area contributed by atoms with Crippen LogP contribution in [-0.2, 0) is 6.54 Å². The number of hydrogen-bond donors (Lipinski definition) is 2. The van der Waals surface area contributed by atoms with Crippen molar-refractivity contribution in [3.05, 3.63) is 40.6 Å². The van der Waals surface area contributed by atoms with Crippen LogP contribution < -0.4 is 24.8 Å². The molecule has 0 spiro atoms. The number of nitrogens with one attached hydrogen (secondary N) is 2. The van der Waals surface area contributed by atoms with Gasteiger partial charge in [0.05, 0.1) is 26.9 Å². The van der Waals surface area contributed by atoms with Crippen LogP contribution in [0.5, 0.6) is 17.2 Å². The Balaban J connectivity index is 1.44. The second-order valence-corrected chi connectivity index (χ2v) is 7.52. The molecular weight excluding hydrogens is 364 g/mol. The third-order valence-electron chi connectivity index (χ3n) is 4.67. The van der Waals surface area contributed by atoms with E-state index in [1.165, 1.54) is 0 Å². The third kappa shape index (κ3) is 5.29. The SMILES string of the molecule is COc1cccc(OC2CCC(NC(=O)NCc3cccs3)CC2)c1OC. The van der Waals surface area contributed by atoms with Crippen LogP contribution in [0.15, 0.2) is 35.7 Å². The molecule has 3 rings (SSSR count). The summed E-state index contributed by atoms with van der Waals surface area (Å²) >= 11 is 1.64. The van der Waals surface area contributed by atoms with Crippen LogP contribution in [0.25, 0.3) is 0 Å². The monoisotopic (exact) mass is 390 g/mol. The van der Waals surface area contributed by atoms with E-state index in [4.69, 9.17) is 14.2 Å². The van der Waals surface area contributed by atoms with Gasteiger partial charge in [0.15, 0.2) is 11.5 Å². The van der Waals surface area contributed by atoms with Gasteiger partial charge in [0.1, 0.15) is 0 Å². The lowest BCUT2D eigenvalue weighted by molar-refractivity contribution is 0.135. The number of ether oxygens (including phenoxy) is 3. The highest BCUT2D eigenvalue weighted by Gasteiger charge is 2.25. The van der Waals surface area contributed by atoms with Gasteiger partial charge in [0.2, 0.25) is 5.75 Å². The molecule has 2 aromatic rings. The fourth-order valence-electron chi connectivity index (χ4n) is 3.27. The van der Waals surface area contributed by atoms with Crippen LogP contribution in [-0.4, -0.2) is 32.4 Å². The minimum Gasteiger partial charge on any atom is -0.493 e. The summed E-state index contributed by atoms with van der Waals surface area (Å²) < 4.78 is 16.9. The third-order valence-corrected chi connectivity index (χ3v) is 5.55. The predicted octanol–water partition coefficient (Wildman–Crippen LogP) is 3.95. The maximum absolute atomic E-state index is 12.1. The summed E-state index contributed by atoms with van der Waals surface area (Å²) in [6, 6.07) is 9.70. The molecule has 7 heteroatoms. The molecule has 1 heterocycles. The van der Waals surface area contributed by atoms with Gasteiger partial charge in [0, 0.05) is 10.9 Å². The Morgan fingerprint density at radius 2 is 1.85 bits per heavy atom. The fraction of sp³-hybridized carbons (Fsp3) is 0.450. The molecule has 0 unspecified atom stereocenters. The fourth-order valence-corrected chi connectivity index (χ4v) is 3.92. The molecule has 2 N–H and O–H groups in total. The van der Waals surface area contributed by atoms with Crippen molar-refractivity contribution in [2.45, 2.75) is 44.4 Å². The lowest BCUT2D eigenvalue weighted by Crippen LogP contribution is -2.44. The number of amides is 2. The first-order valence-corrected chi connectivity index (χ1v) is 10.0. The largest absolute Gasteiger partial charge is 0.493 e. The summed E-state index contributed by atoms with van der Waals surface area (Å²) in [5.41, 5.74) is 0. The van der Waals surface area contributed by atoms with Crippen molar-refractivity contribution >= 4 is 17.4 Å². The topological polar surface area (TPSA) is 68.8 Å². The number of methoxy groups -OCH3 is 2. The molecule has 1 aliphatic rings. The maximum atomic E-state index is 12.1. The van der Waals surface area contributed by atoms with Gasteiger partial charge in [-0.15, -0.1) is 11.3 Å². The first kappa shape index (κ1) is 19.4. The van der Waals surface area contributed by atoms with Crippen molar-refractivity contribution in [1.82, 2.24) is 10.6 Å². The van der Waals surface area contributed by atoms with Crippen LogP contribution in [0, 0.1) is 0 Å². The average molecular weight is 391 g/mol. The summed E-state index contributed by atoms with van der Waals surface area (Å²) in [7, 11) is 3.22.